The van der Waals surface area contributed by atoms with Crippen LogP contribution in [0.25, 0.3) is 0 Å². The summed E-state index contributed by atoms with van der Waals surface area (Å²) in [7, 11) is 1.52. The third kappa shape index (κ3) is 7.11. The molecule has 11 heteroatoms. The Morgan fingerprint density at radius 3 is 2.49 bits per heavy atom. The zero-order valence-corrected chi connectivity index (χ0v) is 20.4. The number of amides is 2. The van der Waals surface area contributed by atoms with E-state index < -0.39 is 16.7 Å². The standard InChI is InChI=1S/C24H21BrN4O6/c1-15-11-20(8-9-21(15)29(32)33)35-14-17-12-16(3-10-22(17)34-2)13-26-28-24(31)23(30)27-19-6-4-18(25)5-7-19/h3-13H,14H2,1-2H3,(H,27,30)(H,28,31). The molecule has 0 saturated heterocycles. The highest BCUT2D eigenvalue weighted by Gasteiger charge is 2.13. The number of nitrogens with zero attached hydrogens (tertiary/aromatic N) is 2. The number of methoxy groups -OCH3 is 1. The molecule has 0 aliphatic heterocycles. The first-order chi connectivity index (χ1) is 16.8. The van der Waals surface area contributed by atoms with Gasteiger partial charge in [0, 0.05) is 27.4 Å². The Morgan fingerprint density at radius 2 is 1.83 bits per heavy atom. The number of benzene rings is 3. The Bertz CT molecular complexity index is 1280. The zero-order valence-electron chi connectivity index (χ0n) is 18.8. The molecule has 180 valence electrons. The number of nitrogens with one attached hydrogen (secondary N) is 2. The normalized spacial score (nSPS) is 10.6. The molecule has 0 aromatic heterocycles. The predicted octanol–water partition coefficient (Wildman–Crippen LogP) is 4.34. The van der Waals surface area contributed by atoms with E-state index in [-0.39, 0.29) is 12.3 Å². The van der Waals surface area contributed by atoms with E-state index in [1.165, 1.54) is 25.5 Å². The number of ether oxygens (including phenoxy) is 2. The van der Waals surface area contributed by atoms with Crippen molar-refractivity contribution in [1.29, 1.82) is 0 Å². The molecule has 3 rings (SSSR count). The van der Waals surface area contributed by atoms with Gasteiger partial charge in [-0.3, -0.25) is 19.7 Å². The van der Waals surface area contributed by atoms with E-state index in [1.54, 1.807) is 55.5 Å². The highest BCUT2D eigenvalue weighted by atomic mass is 79.9. The molecule has 2 N–H and O–H groups in total. The maximum Gasteiger partial charge on any atom is 0.329 e. The summed E-state index contributed by atoms with van der Waals surface area (Å²) in [6.07, 6.45) is 1.38. The molecule has 0 fully saturated rings. The van der Waals surface area contributed by atoms with Gasteiger partial charge in [0.1, 0.15) is 18.1 Å². The Kier molecular flexibility index (Phi) is 8.52. The summed E-state index contributed by atoms with van der Waals surface area (Å²) in [6, 6.07) is 16.4. The number of hydrogen-bond acceptors (Lipinski definition) is 7. The van der Waals surface area contributed by atoms with Gasteiger partial charge in [-0.2, -0.15) is 5.10 Å². The number of carbonyl (C=O) groups excluding carboxylic acids is 2. The van der Waals surface area contributed by atoms with Gasteiger partial charge in [-0.05, 0) is 67.1 Å². The topological polar surface area (TPSA) is 132 Å². The molecule has 0 aliphatic carbocycles. The summed E-state index contributed by atoms with van der Waals surface area (Å²) in [5.74, 6) is -0.738. The van der Waals surface area contributed by atoms with Gasteiger partial charge in [-0.15, -0.1) is 0 Å². The van der Waals surface area contributed by atoms with Gasteiger partial charge in [0.05, 0.1) is 18.2 Å². The van der Waals surface area contributed by atoms with Crippen molar-refractivity contribution in [3.05, 3.63) is 91.9 Å². The van der Waals surface area contributed by atoms with Gasteiger partial charge in [0.25, 0.3) is 5.69 Å². The Hall–Kier alpha value is -4.25. The second-order valence-electron chi connectivity index (χ2n) is 7.23. The zero-order chi connectivity index (χ0) is 25.4. The van der Waals surface area contributed by atoms with Crippen molar-refractivity contribution in [2.75, 3.05) is 12.4 Å². The summed E-state index contributed by atoms with van der Waals surface area (Å²) in [6.45, 7) is 1.76. The predicted molar refractivity (Wildman–Crippen MR) is 134 cm³/mol. The first kappa shape index (κ1) is 25.4. The molecule has 35 heavy (non-hydrogen) atoms. The lowest BCUT2D eigenvalue weighted by atomic mass is 10.1. The number of nitro benzene ring substituents is 1. The highest BCUT2D eigenvalue weighted by molar-refractivity contribution is 9.10. The second-order valence-corrected chi connectivity index (χ2v) is 8.14. The minimum Gasteiger partial charge on any atom is -0.496 e. The monoisotopic (exact) mass is 540 g/mol. The van der Waals surface area contributed by atoms with E-state index in [1.807, 2.05) is 0 Å². The lowest BCUT2D eigenvalue weighted by Crippen LogP contribution is -2.32. The fraction of sp³-hybridized carbons (Fsp3) is 0.125. The van der Waals surface area contributed by atoms with Crippen LogP contribution in [0.1, 0.15) is 16.7 Å². The maximum absolute atomic E-state index is 12.0. The lowest BCUT2D eigenvalue weighted by Gasteiger charge is -2.11. The van der Waals surface area contributed by atoms with Gasteiger partial charge < -0.3 is 14.8 Å². The molecule has 3 aromatic rings. The van der Waals surface area contributed by atoms with Crippen molar-refractivity contribution in [3.8, 4) is 11.5 Å². The van der Waals surface area contributed by atoms with Crippen molar-refractivity contribution >= 4 is 45.3 Å². The number of rotatable bonds is 8. The van der Waals surface area contributed by atoms with Gasteiger partial charge in [0.2, 0.25) is 0 Å². The quantitative estimate of drug-likeness (QED) is 0.189. The third-order valence-electron chi connectivity index (χ3n) is 4.75. The molecule has 3 aromatic carbocycles. The molecule has 2 amide bonds. The van der Waals surface area contributed by atoms with Gasteiger partial charge in [0.15, 0.2) is 0 Å². The molecule has 0 saturated carbocycles. The number of anilines is 1. The van der Waals surface area contributed by atoms with Crippen molar-refractivity contribution in [1.82, 2.24) is 5.43 Å². The van der Waals surface area contributed by atoms with Crippen LogP contribution in [0.4, 0.5) is 11.4 Å². The van der Waals surface area contributed by atoms with Crippen LogP contribution in [-0.4, -0.2) is 30.1 Å². The van der Waals surface area contributed by atoms with Gasteiger partial charge in [-0.25, -0.2) is 5.43 Å². The summed E-state index contributed by atoms with van der Waals surface area (Å²) in [5, 5.41) is 17.3. The summed E-state index contributed by atoms with van der Waals surface area (Å²) in [4.78, 5) is 34.5. The highest BCUT2D eigenvalue weighted by Crippen LogP contribution is 2.26. The van der Waals surface area contributed by atoms with Crippen LogP contribution >= 0.6 is 15.9 Å². The molecule has 0 unspecified atom stereocenters. The van der Waals surface area contributed by atoms with Crippen LogP contribution in [0.3, 0.4) is 0 Å². The van der Waals surface area contributed by atoms with Crippen LogP contribution in [0, 0.1) is 17.0 Å². The molecule has 0 radical (unpaired) electrons. The molecule has 0 spiro atoms. The maximum atomic E-state index is 12.0. The summed E-state index contributed by atoms with van der Waals surface area (Å²) < 4.78 is 12.0. The average Bonchev–Trinajstić information content (AvgIpc) is 2.84. The molecule has 0 atom stereocenters. The fourth-order valence-corrected chi connectivity index (χ4v) is 3.28. The number of nitro groups is 1. The molecule has 0 aliphatic rings. The van der Waals surface area contributed by atoms with E-state index in [9.17, 15) is 19.7 Å². The first-order valence-corrected chi connectivity index (χ1v) is 11.0. The molecular weight excluding hydrogens is 520 g/mol. The third-order valence-corrected chi connectivity index (χ3v) is 5.28. The second kappa shape index (κ2) is 11.7. The van der Waals surface area contributed by atoms with Crippen molar-refractivity contribution < 1.29 is 24.0 Å². The SMILES string of the molecule is COc1ccc(C=NNC(=O)C(=O)Nc2ccc(Br)cc2)cc1COc1ccc([N+](=O)[O-])c(C)c1. The minimum absolute atomic E-state index is 0.0145. The first-order valence-electron chi connectivity index (χ1n) is 10.2. The molecule has 0 bridgehead atoms. The van der Waals surface area contributed by atoms with Crippen LogP contribution in [0.2, 0.25) is 0 Å². The Morgan fingerprint density at radius 1 is 1.09 bits per heavy atom. The Labute approximate surface area is 209 Å². The largest absolute Gasteiger partial charge is 0.496 e. The lowest BCUT2D eigenvalue weighted by molar-refractivity contribution is -0.385. The van der Waals surface area contributed by atoms with E-state index in [2.05, 4.69) is 31.8 Å². The van der Waals surface area contributed by atoms with Crippen LogP contribution in [0.5, 0.6) is 11.5 Å². The van der Waals surface area contributed by atoms with E-state index >= 15 is 0 Å². The minimum atomic E-state index is -0.922. The van der Waals surface area contributed by atoms with E-state index in [4.69, 9.17) is 9.47 Å². The van der Waals surface area contributed by atoms with Crippen LogP contribution in [0.15, 0.2) is 70.2 Å². The number of hydrogen-bond donors (Lipinski definition) is 2. The van der Waals surface area contributed by atoms with E-state index in [0.717, 1.165) is 4.47 Å². The van der Waals surface area contributed by atoms with Gasteiger partial charge >= 0.3 is 11.8 Å². The summed E-state index contributed by atoms with van der Waals surface area (Å²) in [5.41, 5.74) is 4.46. The number of hydrazone groups is 1. The van der Waals surface area contributed by atoms with Crippen molar-refractivity contribution in [2.24, 2.45) is 5.10 Å². The van der Waals surface area contributed by atoms with Crippen molar-refractivity contribution in [2.45, 2.75) is 13.5 Å². The number of carbonyl (C=O) groups is 2. The number of halogens is 1. The van der Waals surface area contributed by atoms with E-state index in [0.29, 0.717) is 33.9 Å². The van der Waals surface area contributed by atoms with Gasteiger partial charge in [-0.1, -0.05) is 15.9 Å². The Balaban J connectivity index is 1.61. The van der Waals surface area contributed by atoms with Crippen LogP contribution < -0.4 is 20.2 Å². The summed E-state index contributed by atoms with van der Waals surface area (Å²) >= 11 is 3.29. The van der Waals surface area contributed by atoms with Crippen LogP contribution in [-0.2, 0) is 16.2 Å². The molecule has 0 heterocycles. The number of aryl methyl sites for hydroxylation is 1. The molecular formula is C24H21BrN4O6. The van der Waals surface area contributed by atoms with Crippen molar-refractivity contribution in [3.63, 3.8) is 0 Å². The smallest absolute Gasteiger partial charge is 0.329 e. The average molecular weight is 541 g/mol. The fourth-order valence-electron chi connectivity index (χ4n) is 3.01. The molecule has 10 nitrogen and oxygen atoms in total.